The fourth-order valence-corrected chi connectivity index (χ4v) is 3.18. The summed E-state index contributed by atoms with van der Waals surface area (Å²) in [4.78, 5) is 14.1. The molecule has 2 nitrogen and oxygen atoms in total. The predicted molar refractivity (Wildman–Crippen MR) is 60.4 cm³/mol. The number of alkyl halides is 1. The fourth-order valence-electron chi connectivity index (χ4n) is 2.59. The highest BCUT2D eigenvalue weighted by molar-refractivity contribution is 9.10. The highest BCUT2D eigenvalue weighted by Gasteiger charge is 2.42. The molecule has 1 saturated carbocycles. The van der Waals surface area contributed by atoms with Crippen molar-refractivity contribution in [3.63, 3.8) is 0 Å². The molecule has 0 bridgehead atoms. The van der Waals surface area contributed by atoms with Crippen LogP contribution in [0.3, 0.4) is 0 Å². The summed E-state index contributed by atoms with van der Waals surface area (Å²) in [5.41, 5.74) is 0. The van der Waals surface area contributed by atoms with Crippen LogP contribution >= 0.6 is 15.9 Å². The molecule has 4 atom stereocenters. The summed E-state index contributed by atoms with van der Waals surface area (Å²) in [6, 6.07) is 0.526. The number of hydrogen-bond acceptors (Lipinski definition) is 1. The average Bonchev–Trinajstić information content (AvgIpc) is 2.19. The lowest BCUT2D eigenvalue weighted by Crippen LogP contribution is -2.56. The van der Waals surface area contributed by atoms with E-state index in [4.69, 9.17) is 0 Å². The number of halogens is 1. The summed E-state index contributed by atoms with van der Waals surface area (Å²) in [6.07, 6.45) is 3.36. The maximum absolute atomic E-state index is 11.9. The Morgan fingerprint density at radius 2 is 2.14 bits per heavy atom. The van der Waals surface area contributed by atoms with Crippen LogP contribution in [0.2, 0.25) is 0 Å². The number of piperidine rings is 1. The number of carbonyl (C=O) groups is 1. The van der Waals surface area contributed by atoms with Crippen LogP contribution in [0.15, 0.2) is 0 Å². The van der Waals surface area contributed by atoms with Crippen LogP contribution in [0.5, 0.6) is 0 Å². The van der Waals surface area contributed by atoms with Gasteiger partial charge in [-0.1, -0.05) is 29.8 Å². The van der Waals surface area contributed by atoms with Gasteiger partial charge in [0.15, 0.2) is 0 Å². The molecule has 0 aromatic carbocycles. The van der Waals surface area contributed by atoms with Crippen molar-refractivity contribution < 1.29 is 4.79 Å². The third-order valence-corrected chi connectivity index (χ3v) is 4.78. The average molecular weight is 260 g/mol. The van der Waals surface area contributed by atoms with Crippen LogP contribution in [0, 0.1) is 11.8 Å². The number of hydrogen-bond donors (Lipinski definition) is 0. The molecule has 0 aromatic rings. The second-order valence-corrected chi connectivity index (χ2v) is 5.89. The van der Waals surface area contributed by atoms with E-state index in [1.807, 2.05) is 0 Å². The molecule has 1 aliphatic heterocycles. The highest BCUT2D eigenvalue weighted by atomic mass is 79.9. The van der Waals surface area contributed by atoms with Crippen molar-refractivity contribution in [2.45, 2.75) is 44.0 Å². The maximum atomic E-state index is 11.9. The van der Waals surface area contributed by atoms with Gasteiger partial charge in [0.05, 0.1) is 4.83 Å². The lowest BCUT2D eigenvalue weighted by molar-refractivity contribution is -0.140. The standard InChI is InChI=1S/C11H18BrNO/c1-7-6-10(8(7)2)13-5-3-4-9(12)11(13)14/h7-10H,3-6H2,1-2H3. The van der Waals surface area contributed by atoms with Gasteiger partial charge in [-0.15, -0.1) is 0 Å². The topological polar surface area (TPSA) is 20.3 Å². The largest absolute Gasteiger partial charge is 0.338 e. The molecule has 3 heteroatoms. The Morgan fingerprint density at radius 3 is 2.71 bits per heavy atom. The first-order chi connectivity index (χ1) is 6.61. The third-order valence-electron chi connectivity index (χ3n) is 3.93. The summed E-state index contributed by atoms with van der Waals surface area (Å²) in [7, 11) is 0. The molecule has 1 saturated heterocycles. The zero-order valence-electron chi connectivity index (χ0n) is 8.87. The SMILES string of the molecule is CC1CC(N2CCCC(Br)C2=O)C1C. The van der Waals surface area contributed by atoms with E-state index in [1.165, 1.54) is 6.42 Å². The molecule has 1 heterocycles. The number of likely N-dealkylation sites (tertiary alicyclic amines) is 1. The van der Waals surface area contributed by atoms with Crippen molar-refractivity contribution in [1.82, 2.24) is 4.90 Å². The fraction of sp³-hybridized carbons (Fsp3) is 0.909. The van der Waals surface area contributed by atoms with Crippen molar-refractivity contribution in [3.05, 3.63) is 0 Å². The van der Waals surface area contributed by atoms with Gasteiger partial charge in [-0.05, 0) is 31.1 Å². The van der Waals surface area contributed by atoms with E-state index in [2.05, 4.69) is 34.7 Å². The van der Waals surface area contributed by atoms with Gasteiger partial charge in [0, 0.05) is 12.6 Å². The number of amides is 1. The van der Waals surface area contributed by atoms with Gasteiger partial charge in [0.2, 0.25) is 5.91 Å². The van der Waals surface area contributed by atoms with Gasteiger partial charge >= 0.3 is 0 Å². The zero-order valence-corrected chi connectivity index (χ0v) is 10.5. The Labute approximate surface area is 94.2 Å². The van der Waals surface area contributed by atoms with E-state index < -0.39 is 0 Å². The Balaban J connectivity index is 2.00. The number of carbonyl (C=O) groups excluding carboxylic acids is 1. The normalized spacial score (nSPS) is 43.6. The first kappa shape index (κ1) is 10.5. The maximum Gasteiger partial charge on any atom is 0.236 e. The molecule has 2 aliphatic rings. The molecular formula is C11H18BrNO. The molecule has 2 fully saturated rings. The number of rotatable bonds is 1. The summed E-state index contributed by atoms with van der Waals surface area (Å²) < 4.78 is 0. The van der Waals surface area contributed by atoms with Gasteiger partial charge in [-0.3, -0.25) is 4.79 Å². The molecule has 14 heavy (non-hydrogen) atoms. The van der Waals surface area contributed by atoms with Crippen molar-refractivity contribution in [1.29, 1.82) is 0 Å². The Morgan fingerprint density at radius 1 is 1.43 bits per heavy atom. The zero-order chi connectivity index (χ0) is 10.3. The van der Waals surface area contributed by atoms with E-state index in [0.29, 0.717) is 17.9 Å². The van der Waals surface area contributed by atoms with Gasteiger partial charge in [0.25, 0.3) is 0 Å². The minimum absolute atomic E-state index is 0.0827. The first-order valence-electron chi connectivity index (χ1n) is 5.56. The Bertz CT molecular complexity index is 243. The van der Waals surface area contributed by atoms with Crippen LogP contribution in [0.25, 0.3) is 0 Å². The molecule has 80 valence electrons. The molecule has 0 N–H and O–H groups in total. The van der Waals surface area contributed by atoms with Gasteiger partial charge in [0.1, 0.15) is 0 Å². The van der Waals surface area contributed by atoms with Crippen molar-refractivity contribution in [2.75, 3.05) is 6.54 Å². The minimum atomic E-state index is 0.0827. The van der Waals surface area contributed by atoms with Crippen molar-refractivity contribution in [2.24, 2.45) is 11.8 Å². The second kappa shape index (κ2) is 3.84. The molecule has 0 spiro atoms. The monoisotopic (exact) mass is 259 g/mol. The van der Waals surface area contributed by atoms with Crippen LogP contribution in [-0.2, 0) is 4.79 Å². The summed E-state index contributed by atoms with van der Waals surface area (Å²) >= 11 is 3.46. The molecule has 1 aliphatic carbocycles. The minimum Gasteiger partial charge on any atom is -0.338 e. The predicted octanol–water partition coefficient (Wildman–Crippen LogP) is 2.42. The van der Waals surface area contributed by atoms with Crippen LogP contribution in [0.4, 0.5) is 0 Å². The highest BCUT2D eigenvalue weighted by Crippen LogP contribution is 2.39. The first-order valence-corrected chi connectivity index (χ1v) is 6.47. The van der Waals surface area contributed by atoms with E-state index in [0.717, 1.165) is 25.3 Å². The number of nitrogens with zero attached hydrogens (tertiary/aromatic N) is 1. The molecule has 2 rings (SSSR count). The third kappa shape index (κ3) is 1.60. The Kier molecular flexibility index (Phi) is 2.87. The molecule has 4 unspecified atom stereocenters. The van der Waals surface area contributed by atoms with Crippen molar-refractivity contribution >= 4 is 21.8 Å². The smallest absolute Gasteiger partial charge is 0.236 e. The van der Waals surface area contributed by atoms with E-state index in [-0.39, 0.29) is 4.83 Å². The van der Waals surface area contributed by atoms with Gasteiger partial charge < -0.3 is 4.90 Å². The van der Waals surface area contributed by atoms with Crippen molar-refractivity contribution in [3.8, 4) is 0 Å². The van der Waals surface area contributed by atoms with Crippen LogP contribution < -0.4 is 0 Å². The lowest BCUT2D eigenvalue weighted by Gasteiger charge is -2.49. The molecule has 1 amide bonds. The van der Waals surface area contributed by atoms with Gasteiger partial charge in [-0.25, -0.2) is 0 Å². The van der Waals surface area contributed by atoms with E-state index in [9.17, 15) is 4.79 Å². The van der Waals surface area contributed by atoms with Crippen LogP contribution in [0.1, 0.15) is 33.1 Å². The quantitative estimate of drug-likeness (QED) is 0.663. The molecule has 0 radical (unpaired) electrons. The lowest BCUT2D eigenvalue weighted by atomic mass is 9.70. The van der Waals surface area contributed by atoms with E-state index in [1.54, 1.807) is 0 Å². The molecular weight excluding hydrogens is 242 g/mol. The second-order valence-electron chi connectivity index (χ2n) is 4.78. The van der Waals surface area contributed by atoms with Gasteiger partial charge in [-0.2, -0.15) is 0 Å². The summed E-state index contributed by atoms with van der Waals surface area (Å²) in [5.74, 6) is 1.81. The summed E-state index contributed by atoms with van der Waals surface area (Å²) in [6.45, 7) is 5.52. The van der Waals surface area contributed by atoms with E-state index >= 15 is 0 Å². The Hall–Kier alpha value is -0.0500. The summed E-state index contributed by atoms with van der Waals surface area (Å²) in [5, 5.41) is 0. The molecule has 0 aromatic heterocycles. The van der Waals surface area contributed by atoms with Crippen LogP contribution in [-0.4, -0.2) is 28.2 Å².